The standard InChI is InChI=1S/C18H21F3N2O2/c19-18(20,21)15-6-2-5-13(7-15)10-23-11-14(8-16(23)24)17(25)22-9-12-3-1-4-12/h2,5-7,12,14H,1,3-4,8-11H2,(H,22,25)/t14-/m0/s1. The van der Waals surface area contributed by atoms with Gasteiger partial charge in [-0.3, -0.25) is 9.59 Å². The van der Waals surface area contributed by atoms with E-state index in [1.54, 1.807) is 6.07 Å². The molecule has 1 N–H and O–H groups in total. The summed E-state index contributed by atoms with van der Waals surface area (Å²) in [6.45, 7) is 0.998. The summed E-state index contributed by atoms with van der Waals surface area (Å²) in [7, 11) is 0. The first-order chi connectivity index (χ1) is 11.8. The lowest BCUT2D eigenvalue weighted by Gasteiger charge is -2.26. The Labute approximate surface area is 144 Å². The molecule has 0 radical (unpaired) electrons. The number of hydrogen-bond acceptors (Lipinski definition) is 2. The van der Waals surface area contributed by atoms with E-state index < -0.39 is 17.7 Å². The first kappa shape index (κ1) is 17.8. The van der Waals surface area contributed by atoms with Gasteiger partial charge in [-0.2, -0.15) is 13.2 Å². The summed E-state index contributed by atoms with van der Waals surface area (Å²) >= 11 is 0. The zero-order valence-electron chi connectivity index (χ0n) is 13.8. The fraction of sp³-hybridized carbons (Fsp3) is 0.556. The van der Waals surface area contributed by atoms with Crippen LogP contribution in [0, 0.1) is 11.8 Å². The predicted octanol–water partition coefficient (Wildman–Crippen LogP) is 2.97. The highest BCUT2D eigenvalue weighted by Crippen LogP contribution is 2.30. The number of carbonyl (C=O) groups is 2. The van der Waals surface area contributed by atoms with Gasteiger partial charge in [-0.05, 0) is 36.5 Å². The van der Waals surface area contributed by atoms with Crippen molar-refractivity contribution in [2.75, 3.05) is 13.1 Å². The molecule has 1 aromatic carbocycles. The van der Waals surface area contributed by atoms with E-state index in [4.69, 9.17) is 0 Å². The van der Waals surface area contributed by atoms with Gasteiger partial charge in [0.05, 0.1) is 11.5 Å². The highest BCUT2D eigenvalue weighted by atomic mass is 19.4. The van der Waals surface area contributed by atoms with E-state index in [0.717, 1.165) is 25.0 Å². The third kappa shape index (κ3) is 4.32. The molecule has 25 heavy (non-hydrogen) atoms. The van der Waals surface area contributed by atoms with Gasteiger partial charge in [0.15, 0.2) is 0 Å². The van der Waals surface area contributed by atoms with Gasteiger partial charge in [0.25, 0.3) is 0 Å². The fourth-order valence-electron chi connectivity index (χ4n) is 3.25. The van der Waals surface area contributed by atoms with Gasteiger partial charge in [-0.1, -0.05) is 18.6 Å². The van der Waals surface area contributed by atoms with Crippen molar-refractivity contribution >= 4 is 11.8 Å². The van der Waals surface area contributed by atoms with Crippen LogP contribution in [0.2, 0.25) is 0 Å². The van der Waals surface area contributed by atoms with Crippen molar-refractivity contribution in [1.82, 2.24) is 10.2 Å². The maximum absolute atomic E-state index is 12.8. The summed E-state index contributed by atoms with van der Waals surface area (Å²) in [4.78, 5) is 25.7. The van der Waals surface area contributed by atoms with Crippen LogP contribution in [0.1, 0.15) is 36.8 Å². The molecule has 3 rings (SSSR count). The van der Waals surface area contributed by atoms with Crippen LogP contribution in [0.25, 0.3) is 0 Å². The summed E-state index contributed by atoms with van der Waals surface area (Å²) in [5.41, 5.74) is -0.315. The lowest BCUT2D eigenvalue weighted by Crippen LogP contribution is -2.37. The van der Waals surface area contributed by atoms with Crippen LogP contribution in [0.4, 0.5) is 13.2 Å². The summed E-state index contributed by atoms with van der Waals surface area (Å²) in [5, 5.41) is 2.89. The van der Waals surface area contributed by atoms with Crippen molar-refractivity contribution in [2.24, 2.45) is 11.8 Å². The Morgan fingerprint density at radius 3 is 2.68 bits per heavy atom. The van der Waals surface area contributed by atoms with E-state index in [2.05, 4.69) is 5.32 Å². The zero-order valence-corrected chi connectivity index (χ0v) is 13.8. The molecular weight excluding hydrogens is 333 g/mol. The number of nitrogens with zero attached hydrogens (tertiary/aromatic N) is 1. The Hall–Kier alpha value is -2.05. The Morgan fingerprint density at radius 2 is 2.04 bits per heavy atom. The molecule has 1 aromatic rings. The molecule has 7 heteroatoms. The number of rotatable bonds is 5. The van der Waals surface area contributed by atoms with Gasteiger partial charge >= 0.3 is 6.18 Å². The van der Waals surface area contributed by atoms with Gasteiger partial charge in [-0.15, -0.1) is 0 Å². The molecular formula is C18H21F3N2O2. The fourth-order valence-corrected chi connectivity index (χ4v) is 3.25. The number of amides is 2. The quantitative estimate of drug-likeness (QED) is 0.884. The Kier molecular flexibility index (Phi) is 5.01. The van der Waals surface area contributed by atoms with Gasteiger partial charge in [0.2, 0.25) is 11.8 Å². The van der Waals surface area contributed by atoms with E-state index in [1.807, 2.05) is 0 Å². The summed E-state index contributed by atoms with van der Waals surface area (Å²) in [5.74, 6) is -0.200. The first-order valence-electron chi connectivity index (χ1n) is 8.54. The van der Waals surface area contributed by atoms with Crippen LogP contribution in [0.3, 0.4) is 0 Å². The molecule has 1 aliphatic carbocycles. The van der Waals surface area contributed by atoms with Crippen molar-refractivity contribution in [3.63, 3.8) is 0 Å². The lowest BCUT2D eigenvalue weighted by molar-refractivity contribution is -0.137. The molecule has 2 amide bonds. The van der Waals surface area contributed by atoms with Crippen molar-refractivity contribution in [1.29, 1.82) is 0 Å². The van der Waals surface area contributed by atoms with E-state index in [1.165, 1.54) is 17.4 Å². The second-order valence-corrected chi connectivity index (χ2v) is 6.92. The maximum atomic E-state index is 12.8. The molecule has 1 atom stereocenters. The van der Waals surface area contributed by atoms with Gasteiger partial charge in [0.1, 0.15) is 0 Å². The summed E-state index contributed by atoms with van der Waals surface area (Å²) < 4.78 is 38.3. The average Bonchev–Trinajstić information content (AvgIpc) is 2.86. The molecule has 0 unspecified atom stereocenters. The lowest BCUT2D eigenvalue weighted by atomic mass is 9.85. The normalized spacial score (nSPS) is 21.3. The number of nitrogens with one attached hydrogen (secondary N) is 1. The number of halogens is 3. The molecule has 1 heterocycles. The molecule has 0 aromatic heterocycles. The largest absolute Gasteiger partial charge is 0.416 e. The van der Waals surface area contributed by atoms with Gasteiger partial charge < -0.3 is 10.2 Å². The highest BCUT2D eigenvalue weighted by molar-refractivity contribution is 5.89. The second kappa shape index (κ2) is 7.06. The number of likely N-dealkylation sites (tertiary alicyclic amines) is 1. The number of carbonyl (C=O) groups excluding carboxylic acids is 2. The van der Waals surface area contributed by atoms with E-state index in [0.29, 0.717) is 18.0 Å². The van der Waals surface area contributed by atoms with Crippen LogP contribution in [-0.4, -0.2) is 29.8 Å². The number of alkyl halides is 3. The monoisotopic (exact) mass is 354 g/mol. The molecule has 4 nitrogen and oxygen atoms in total. The summed E-state index contributed by atoms with van der Waals surface area (Å²) in [6, 6.07) is 4.96. The third-order valence-corrected chi connectivity index (χ3v) is 5.00. The SMILES string of the molecule is O=C(NCC1CCC1)[C@H]1CC(=O)N(Cc2cccc(C(F)(F)F)c2)C1. The molecule has 1 aliphatic heterocycles. The molecule has 2 fully saturated rings. The van der Waals surface area contributed by atoms with E-state index in [-0.39, 0.29) is 31.3 Å². The first-order valence-corrected chi connectivity index (χ1v) is 8.54. The van der Waals surface area contributed by atoms with Crippen LogP contribution in [0.15, 0.2) is 24.3 Å². The van der Waals surface area contributed by atoms with Crippen LogP contribution < -0.4 is 5.32 Å². The van der Waals surface area contributed by atoms with Crippen molar-refractivity contribution in [3.05, 3.63) is 35.4 Å². The predicted molar refractivity (Wildman–Crippen MR) is 85.3 cm³/mol. The molecule has 136 valence electrons. The Bertz CT molecular complexity index is 656. The minimum atomic E-state index is -4.41. The van der Waals surface area contributed by atoms with Crippen LogP contribution in [-0.2, 0) is 22.3 Å². The summed E-state index contributed by atoms with van der Waals surface area (Å²) in [6.07, 6.45) is -0.825. The molecule has 1 saturated carbocycles. The third-order valence-electron chi connectivity index (χ3n) is 5.00. The molecule has 2 aliphatic rings. The molecule has 1 saturated heterocycles. The maximum Gasteiger partial charge on any atom is 0.416 e. The van der Waals surface area contributed by atoms with Gasteiger partial charge in [0, 0.05) is 26.1 Å². The number of hydrogen-bond donors (Lipinski definition) is 1. The Morgan fingerprint density at radius 1 is 1.28 bits per heavy atom. The van der Waals surface area contributed by atoms with Crippen LogP contribution in [0.5, 0.6) is 0 Å². The van der Waals surface area contributed by atoms with Crippen molar-refractivity contribution in [3.8, 4) is 0 Å². The minimum absolute atomic E-state index is 0.0924. The van der Waals surface area contributed by atoms with E-state index >= 15 is 0 Å². The topological polar surface area (TPSA) is 49.4 Å². The Balaban J connectivity index is 1.56. The molecule has 0 bridgehead atoms. The average molecular weight is 354 g/mol. The van der Waals surface area contributed by atoms with Crippen molar-refractivity contribution < 1.29 is 22.8 Å². The van der Waals surface area contributed by atoms with Crippen molar-refractivity contribution in [2.45, 2.75) is 38.4 Å². The smallest absolute Gasteiger partial charge is 0.356 e. The zero-order chi connectivity index (χ0) is 18.0. The highest BCUT2D eigenvalue weighted by Gasteiger charge is 2.35. The minimum Gasteiger partial charge on any atom is -0.356 e. The number of benzene rings is 1. The van der Waals surface area contributed by atoms with E-state index in [9.17, 15) is 22.8 Å². The molecule has 0 spiro atoms. The second-order valence-electron chi connectivity index (χ2n) is 6.92. The van der Waals surface area contributed by atoms with Gasteiger partial charge in [-0.25, -0.2) is 0 Å². The van der Waals surface area contributed by atoms with Crippen LogP contribution >= 0.6 is 0 Å².